The molecule has 1 aromatic rings. The zero-order valence-electron chi connectivity index (χ0n) is 9.56. The molecule has 2 unspecified atom stereocenters. The first-order valence-corrected chi connectivity index (χ1v) is 6.66. The van der Waals surface area contributed by atoms with Crippen molar-refractivity contribution in [3.05, 3.63) is 35.4 Å². The summed E-state index contributed by atoms with van der Waals surface area (Å²) in [6.45, 7) is 0. The van der Waals surface area contributed by atoms with Crippen LogP contribution >= 0.6 is 11.6 Å². The zero-order valence-corrected chi connectivity index (χ0v) is 10.3. The van der Waals surface area contributed by atoms with Crippen molar-refractivity contribution in [1.29, 1.82) is 0 Å². The fourth-order valence-electron chi connectivity index (χ4n) is 3.38. The normalized spacial score (nSPS) is 34.8. The smallest absolute Gasteiger partial charge is 0.129 e. The van der Waals surface area contributed by atoms with Gasteiger partial charge in [0.25, 0.3) is 0 Å². The fraction of sp³-hybridized carbons (Fsp3) is 0.571. The molecule has 17 heavy (non-hydrogen) atoms. The molecule has 2 fully saturated rings. The van der Waals surface area contributed by atoms with Crippen LogP contribution in [0.2, 0.25) is 0 Å². The molecule has 2 atom stereocenters. The Hall–Kier alpha value is -0.630. The third kappa shape index (κ3) is 1.97. The first-order chi connectivity index (χ1) is 8.13. The van der Waals surface area contributed by atoms with Gasteiger partial charge >= 0.3 is 0 Å². The van der Waals surface area contributed by atoms with Gasteiger partial charge in [-0.1, -0.05) is 6.07 Å². The molecule has 0 N–H and O–H groups in total. The van der Waals surface area contributed by atoms with Crippen molar-refractivity contribution in [2.24, 2.45) is 17.3 Å². The Bertz CT molecular complexity index is 414. The summed E-state index contributed by atoms with van der Waals surface area (Å²) in [6.07, 6.45) is 3.81. The molecule has 3 heteroatoms. The number of alkyl halides is 1. The summed E-state index contributed by atoms with van der Waals surface area (Å²) in [6, 6.07) is 4.07. The van der Waals surface area contributed by atoms with E-state index in [0.29, 0.717) is 12.3 Å². The van der Waals surface area contributed by atoms with Crippen LogP contribution in [0.5, 0.6) is 0 Å². The fourth-order valence-corrected chi connectivity index (χ4v) is 3.70. The van der Waals surface area contributed by atoms with Gasteiger partial charge < -0.3 is 0 Å². The van der Waals surface area contributed by atoms with E-state index in [9.17, 15) is 8.78 Å². The maximum Gasteiger partial charge on any atom is 0.129 e. The molecule has 0 aliphatic heterocycles. The molecule has 0 radical (unpaired) electrons. The summed E-state index contributed by atoms with van der Waals surface area (Å²) >= 11 is 6.06. The van der Waals surface area contributed by atoms with E-state index in [4.69, 9.17) is 11.6 Å². The molecule has 92 valence electrons. The van der Waals surface area contributed by atoms with Crippen LogP contribution in [0.15, 0.2) is 18.2 Å². The van der Waals surface area contributed by atoms with E-state index < -0.39 is 11.6 Å². The van der Waals surface area contributed by atoms with E-state index in [0.717, 1.165) is 24.7 Å². The summed E-state index contributed by atoms with van der Waals surface area (Å²) in [7, 11) is 0. The second-order valence-electron chi connectivity index (χ2n) is 5.67. The molecule has 0 bridgehead atoms. The number of hydrogen-bond acceptors (Lipinski definition) is 0. The van der Waals surface area contributed by atoms with Crippen molar-refractivity contribution in [2.45, 2.75) is 25.7 Å². The minimum absolute atomic E-state index is 0.0713. The van der Waals surface area contributed by atoms with Crippen LogP contribution in [0.4, 0.5) is 8.78 Å². The Balaban J connectivity index is 1.86. The highest BCUT2D eigenvalue weighted by atomic mass is 35.5. The lowest BCUT2D eigenvalue weighted by atomic mass is 9.79. The number of fused-ring (bicyclic) bond motifs is 1. The second kappa shape index (κ2) is 3.94. The summed E-state index contributed by atoms with van der Waals surface area (Å²) in [5.74, 6) is 1.17. The Morgan fingerprint density at radius 3 is 2.29 bits per heavy atom. The van der Waals surface area contributed by atoms with Crippen LogP contribution in [0.1, 0.15) is 24.8 Å². The van der Waals surface area contributed by atoms with Crippen LogP contribution in [-0.4, -0.2) is 5.88 Å². The zero-order chi connectivity index (χ0) is 12.0. The van der Waals surface area contributed by atoms with Crippen LogP contribution in [0, 0.1) is 28.9 Å². The van der Waals surface area contributed by atoms with Gasteiger partial charge in [-0.2, -0.15) is 0 Å². The molecule has 2 aliphatic carbocycles. The summed E-state index contributed by atoms with van der Waals surface area (Å²) in [4.78, 5) is 0. The van der Waals surface area contributed by atoms with E-state index >= 15 is 0 Å². The molecule has 0 amide bonds. The topological polar surface area (TPSA) is 0 Å². The SMILES string of the molecule is Fc1cccc(F)c1CC1(CCl)CC2CC2C1. The molecule has 0 aromatic heterocycles. The number of rotatable bonds is 3. The highest BCUT2D eigenvalue weighted by molar-refractivity contribution is 6.18. The number of benzene rings is 1. The van der Waals surface area contributed by atoms with Gasteiger partial charge in [-0.25, -0.2) is 8.78 Å². The predicted molar refractivity (Wildman–Crippen MR) is 64.0 cm³/mol. The number of hydrogen-bond donors (Lipinski definition) is 0. The van der Waals surface area contributed by atoms with Gasteiger partial charge in [0, 0.05) is 11.4 Å². The Morgan fingerprint density at radius 1 is 1.18 bits per heavy atom. The van der Waals surface area contributed by atoms with Crippen molar-refractivity contribution >= 4 is 11.6 Å². The first-order valence-electron chi connectivity index (χ1n) is 6.12. The average Bonchev–Trinajstić information content (AvgIpc) is 2.93. The predicted octanol–water partition coefficient (Wildman–Crippen LogP) is 4.16. The van der Waals surface area contributed by atoms with Gasteiger partial charge in [0.2, 0.25) is 0 Å². The number of halogens is 3. The molecule has 3 rings (SSSR count). The van der Waals surface area contributed by atoms with Gasteiger partial charge in [-0.05, 0) is 55.1 Å². The van der Waals surface area contributed by atoms with Gasteiger partial charge in [0.05, 0.1) is 0 Å². The van der Waals surface area contributed by atoms with Gasteiger partial charge in [-0.3, -0.25) is 0 Å². The molecule has 1 aromatic carbocycles. The third-order valence-corrected chi connectivity index (χ3v) is 4.92. The van der Waals surface area contributed by atoms with E-state index in [-0.39, 0.29) is 11.0 Å². The average molecular weight is 257 g/mol. The highest BCUT2D eigenvalue weighted by Gasteiger charge is 2.53. The van der Waals surface area contributed by atoms with Crippen LogP contribution in [0.25, 0.3) is 0 Å². The standard InChI is InChI=1S/C14H15ClF2/c15-8-14(5-9-4-10(9)6-14)7-11-12(16)2-1-3-13(11)17/h1-3,9-10H,4-8H2. The van der Waals surface area contributed by atoms with Crippen molar-refractivity contribution in [3.63, 3.8) is 0 Å². The third-order valence-electron chi connectivity index (χ3n) is 4.36. The van der Waals surface area contributed by atoms with Crippen molar-refractivity contribution in [1.82, 2.24) is 0 Å². The van der Waals surface area contributed by atoms with Crippen LogP contribution in [0.3, 0.4) is 0 Å². The Morgan fingerprint density at radius 2 is 1.76 bits per heavy atom. The van der Waals surface area contributed by atoms with Crippen LogP contribution in [-0.2, 0) is 6.42 Å². The summed E-state index contributed by atoms with van der Waals surface area (Å²) in [5, 5.41) is 0. The Kier molecular flexibility index (Phi) is 2.66. The van der Waals surface area contributed by atoms with Crippen molar-refractivity contribution in [2.75, 3.05) is 5.88 Å². The Labute approximate surface area is 105 Å². The minimum Gasteiger partial charge on any atom is -0.207 e. The second-order valence-corrected chi connectivity index (χ2v) is 5.94. The lowest BCUT2D eigenvalue weighted by Crippen LogP contribution is -2.25. The quantitative estimate of drug-likeness (QED) is 0.713. The molecule has 0 spiro atoms. The summed E-state index contributed by atoms with van der Waals surface area (Å²) < 4.78 is 27.3. The van der Waals surface area contributed by atoms with E-state index in [1.54, 1.807) is 0 Å². The summed E-state index contributed by atoms with van der Waals surface area (Å²) in [5.41, 5.74) is 0.146. The monoisotopic (exact) mass is 256 g/mol. The maximum absolute atomic E-state index is 13.6. The largest absolute Gasteiger partial charge is 0.207 e. The molecule has 2 aliphatic rings. The van der Waals surface area contributed by atoms with E-state index in [1.165, 1.54) is 24.6 Å². The minimum atomic E-state index is -0.435. The van der Waals surface area contributed by atoms with Gasteiger partial charge in [0.1, 0.15) is 11.6 Å². The van der Waals surface area contributed by atoms with Gasteiger partial charge in [0.15, 0.2) is 0 Å². The maximum atomic E-state index is 13.6. The lowest BCUT2D eigenvalue weighted by Gasteiger charge is -2.28. The first kappa shape index (κ1) is 11.5. The molecular formula is C14H15ClF2. The lowest BCUT2D eigenvalue weighted by molar-refractivity contribution is 0.294. The van der Waals surface area contributed by atoms with E-state index in [1.807, 2.05) is 0 Å². The highest BCUT2D eigenvalue weighted by Crippen LogP contribution is 2.61. The molecule has 0 saturated heterocycles. The van der Waals surface area contributed by atoms with Crippen LogP contribution < -0.4 is 0 Å². The van der Waals surface area contributed by atoms with Gasteiger partial charge in [-0.15, -0.1) is 11.6 Å². The molecular weight excluding hydrogens is 242 g/mol. The molecule has 0 nitrogen and oxygen atoms in total. The van der Waals surface area contributed by atoms with Crippen molar-refractivity contribution < 1.29 is 8.78 Å². The van der Waals surface area contributed by atoms with Crippen molar-refractivity contribution in [3.8, 4) is 0 Å². The molecule has 2 saturated carbocycles. The molecule has 0 heterocycles. The van der Waals surface area contributed by atoms with E-state index in [2.05, 4.69) is 0 Å².